The van der Waals surface area contributed by atoms with E-state index in [0.717, 1.165) is 30.8 Å². The molecular weight excluding hydrogens is 302 g/mol. The number of aromatic nitrogens is 2. The molecule has 134 valence electrons. The second kappa shape index (κ2) is 6.87. The zero-order valence-corrected chi connectivity index (χ0v) is 15.5. The molecule has 3 rings (SSSR count). The molecular formula is C19H31N3O2. The van der Waals surface area contributed by atoms with Gasteiger partial charge >= 0.3 is 0 Å². The van der Waals surface area contributed by atoms with Crippen LogP contribution in [0.1, 0.15) is 62.4 Å². The van der Waals surface area contributed by atoms with Gasteiger partial charge in [0.1, 0.15) is 0 Å². The smallest absolute Gasteiger partial charge is 0.220 e. The quantitative estimate of drug-likeness (QED) is 0.871. The maximum Gasteiger partial charge on any atom is 0.220 e. The lowest BCUT2D eigenvalue weighted by Crippen LogP contribution is -2.63. The molecule has 2 fully saturated rings. The largest absolute Gasteiger partial charge is 0.378 e. The number of carbonyl (C=O) groups excluding carboxylic acids is 1. The second-order valence-electron chi connectivity index (χ2n) is 7.51. The Hall–Kier alpha value is -1.36. The summed E-state index contributed by atoms with van der Waals surface area (Å²) < 4.78 is 7.83. The Morgan fingerprint density at radius 2 is 2.08 bits per heavy atom. The van der Waals surface area contributed by atoms with Gasteiger partial charge in [-0.05, 0) is 52.0 Å². The van der Waals surface area contributed by atoms with Gasteiger partial charge in [0.25, 0.3) is 0 Å². The summed E-state index contributed by atoms with van der Waals surface area (Å²) >= 11 is 0. The standard InChI is InChI=1S/C19H31N3O2/c1-5-24-17-12-16(19(17)10-6-7-11-19)20-18(23)9-8-15-13(2)21-22(4)14(15)3/h16-17H,5-12H2,1-4H3,(H,20,23)/t16-,17-/m1/s1. The van der Waals surface area contributed by atoms with E-state index in [1.807, 2.05) is 18.7 Å². The number of rotatable bonds is 6. The van der Waals surface area contributed by atoms with Crippen LogP contribution in [0.5, 0.6) is 0 Å². The van der Waals surface area contributed by atoms with E-state index in [2.05, 4.69) is 24.3 Å². The Kier molecular flexibility index (Phi) is 5.00. The van der Waals surface area contributed by atoms with Crippen molar-refractivity contribution in [3.05, 3.63) is 17.0 Å². The molecule has 2 aliphatic rings. The van der Waals surface area contributed by atoms with Gasteiger partial charge in [-0.1, -0.05) is 12.8 Å². The lowest BCUT2D eigenvalue weighted by Gasteiger charge is -2.54. The van der Waals surface area contributed by atoms with Crippen molar-refractivity contribution in [3.63, 3.8) is 0 Å². The van der Waals surface area contributed by atoms with Gasteiger partial charge in [0.15, 0.2) is 0 Å². The molecule has 1 N–H and O–H groups in total. The highest BCUT2D eigenvalue weighted by atomic mass is 16.5. The van der Waals surface area contributed by atoms with E-state index in [1.54, 1.807) is 0 Å². The highest BCUT2D eigenvalue weighted by Gasteiger charge is 2.57. The van der Waals surface area contributed by atoms with Crippen LogP contribution in [0.25, 0.3) is 0 Å². The number of hydrogen-bond donors (Lipinski definition) is 1. The van der Waals surface area contributed by atoms with Gasteiger partial charge in [-0.25, -0.2) is 0 Å². The zero-order valence-electron chi connectivity index (χ0n) is 15.5. The molecule has 0 aliphatic heterocycles. The van der Waals surface area contributed by atoms with Crippen LogP contribution in [-0.2, 0) is 23.0 Å². The van der Waals surface area contributed by atoms with Crippen molar-refractivity contribution in [3.8, 4) is 0 Å². The number of ether oxygens (including phenoxy) is 1. The van der Waals surface area contributed by atoms with Crippen molar-refractivity contribution in [1.29, 1.82) is 0 Å². The normalized spacial score (nSPS) is 25.0. The average molecular weight is 333 g/mol. The van der Waals surface area contributed by atoms with Gasteiger partial charge in [0.05, 0.1) is 11.8 Å². The lowest BCUT2D eigenvalue weighted by molar-refractivity contribution is -0.144. The fourth-order valence-corrected chi connectivity index (χ4v) is 4.77. The summed E-state index contributed by atoms with van der Waals surface area (Å²) in [7, 11) is 1.96. The Morgan fingerprint density at radius 3 is 2.67 bits per heavy atom. The summed E-state index contributed by atoms with van der Waals surface area (Å²) in [5.41, 5.74) is 3.62. The first kappa shape index (κ1) is 17.5. The second-order valence-corrected chi connectivity index (χ2v) is 7.51. The first-order chi connectivity index (χ1) is 11.5. The van der Waals surface area contributed by atoms with Crippen molar-refractivity contribution in [2.75, 3.05) is 6.61 Å². The molecule has 0 saturated heterocycles. The summed E-state index contributed by atoms with van der Waals surface area (Å²) in [6.45, 7) is 6.92. The highest BCUT2D eigenvalue weighted by Crippen LogP contribution is 2.54. The molecule has 0 unspecified atom stereocenters. The van der Waals surface area contributed by atoms with Crippen molar-refractivity contribution < 1.29 is 9.53 Å². The predicted molar refractivity (Wildman–Crippen MR) is 93.9 cm³/mol. The van der Waals surface area contributed by atoms with E-state index in [-0.39, 0.29) is 11.3 Å². The minimum Gasteiger partial charge on any atom is -0.378 e. The third-order valence-electron chi connectivity index (χ3n) is 6.28. The van der Waals surface area contributed by atoms with E-state index in [0.29, 0.717) is 18.6 Å². The van der Waals surface area contributed by atoms with Gasteiger partial charge in [-0.3, -0.25) is 9.48 Å². The molecule has 2 aliphatic carbocycles. The number of amides is 1. The molecule has 5 heteroatoms. The summed E-state index contributed by atoms with van der Waals surface area (Å²) in [6, 6.07) is 0.306. The monoisotopic (exact) mass is 333 g/mol. The van der Waals surface area contributed by atoms with E-state index in [1.165, 1.54) is 31.2 Å². The van der Waals surface area contributed by atoms with Crippen molar-refractivity contribution in [2.24, 2.45) is 12.5 Å². The van der Waals surface area contributed by atoms with E-state index in [4.69, 9.17) is 4.74 Å². The highest BCUT2D eigenvalue weighted by molar-refractivity contribution is 5.77. The molecule has 1 heterocycles. The summed E-state index contributed by atoms with van der Waals surface area (Å²) in [6.07, 6.45) is 7.56. The van der Waals surface area contributed by atoms with Gasteiger partial charge in [0, 0.05) is 37.2 Å². The van der Waals surface area contributed by atoms with Gasteiger partial charge in [-0.15, -0.1) is 0 Å². The Labute approximate surface area is 145 Å². The molecule has 24 heavy (non-hydrogen) atoms. The van der Waals surface area contributed by atoms with E-state index >= 15 is 0 Å². The molecule has 0 radical (unpaired) electrons. The number of nitrogens with one attached hydrogen (secondary N) is 1. The molecule has 0 bridgehead atoms. The van der Waals surface area contributed by atoms with Crippen LogP contribution < -0.4 is 5.32 Å². The Balaban J connectivity index is 1.55. The van der Waals surface area contributed by atoms with Crippen molar-refractivity contribution >= 4 is 5.91 Å². The molecule has 1 aromatic heterocycles. The van der Waals surface area contributed by atoms with Crippen molar-refractivity contribution in [2.45, 2.75) is 77.9 Å². The van der Waals surface area contributed by atoms with Gasteiger partial charge < -0.3 is 10.1 Å². The Bertz CT molecular complexity index is 602. The fraction of sp³-hybridized carbons (Fsp3) is 0.789. The third-order valence-corrected chi connectivity index (χ3v) is 6.28. The number of nitrogens with zero attached hydrogens (tertiary/aromatic N) is 2. The molecule has 2 atom stereocenters. The molecule has 1 amide bonds. The number of hydrogen-bond acceptors (Lipinski definition) is 3. The molecule has 0 aromatic carbocycles. The first-order valence-corrected chi connectivity index (χ1v) is 9.38. The lowest BCUT2D eigenvalue weighted by atomic mass is 9.60. The molecule has 5 nitrogen and oxygen atoms in total. The minimum absolute atomic E-state index is 0.170. The van der Waals surface area contributed by atoms with E-state index in [9.17, 15) is 4.79 Å². The fourth-order valence-electron chi connectivity index (χ4n) is 4.77. The summed E-state index contributed by atoms with van der Waals surface area (Å²) in [5.74, 6) is 0.170. The number of carbonyl (C=O) groups is 1. The van der Waals surface area contributed by atoms with Gasteiger partial charge in [0.2, 0.25) is 5.91 Å². The predicted octanol–water partition coefficient (Wildman–Crippen LogP) is 2.82. The van der Waals surface area contributed by atoms with Crippen LogP contribution in [0.15, 0.2) is 0 Å². The topological polar surface area (TPSA) is 56.1 Å². The first-order valence-electron chi connectivity index (χ1n) is 9.38. The van der Waals surface area contributed by atoms with Crippen LogP contribution in [0.3, 0.4) is 0 Å². The maximum absolute atomic E-state index is 12.5. The van der Waals surface area contributed by atoms with Gasteiger partial charge in [-0.2, -0.15) is 5.10 Å². The molecule has 1 aromatic rings. The van der Waals surface area contributed by atoms with Crippen LogP contribution >= 0.6 is 0 Å². The Morgan fingerprint density at radius 1 is 1.38 bits per heavy atom. The van der Waals surface area contributed by atoms with Crippen LogP contribution in [0.2, 0.25) is 0 Å². The summed E-state index contributed by atoms with van der Waals surface area (Å²) in [5, 5.41) is 7.74. The molecule has 2 saturated carbocycles. The van der Waals surface area contributed by atoms with E-state index < -0.39 is 0 Å². The maximum atomic E-state index is 12.5. The number of aryl methyl sites for hydroxylation is 2. The third kappa shape index (κ3) is 2.99. The SMILES string of the molecule is CCO[C@@H]1C[C@@H](NC(=O)CCc2c(C)nn(C)c2C)C12CCCC2. The van der Waals surface area contributed by atoms with Crippen LogP contribution in [-0.4, -0.2) is 34.4 Å². The van der Waals surface area contributed by atoms with Crippen LogP contribution in [0.4, 0.5) is 0 Å². The van der Waals surface area contributed by atoms with Crippen molar-refractivity contribution in [1.82, 2.24) is 15.1 Å². The zero-order chi connectivity index (χ0) is 17.3. The summed E-state index contributed by atoms with van der Waals surface area (Å²) in [4.78, 5) is 12.5. The average Bonchev–Trinajstić information content (AvgIpc) is 3.14. The minimum atomic E-state index is 0.170. The molecule has 1 spiro atoms. The van der Waals surface area contributed by atoms with Crippen LogP contribution in [0, 0.1) is 19.3 Å².